The Morgan fingerprint density at radius 2 is 1.83 bits per heavy atom. The Labute approximate surface area is 174 Å². The summed E-state index contributed by atoms with van der Waals surface area (Å²) in [6.07, 6.45) is 1.25. The molecule has 0 radical (unpaired) electrons. The lowest BCUT2D eigenvalue weighted by molar-refractivity contribution is -0.142. The van der Waals surface area contributed by atoms with Crippen LogP contribution in [0.2, 0.25) is 0 Å². The van der Waals surface area contributed by atoms with Gasteiger partial charge >= 0.3 is 5.97 Å². The number of para-hydroxylation sites is 2. The average molecular weight is 409 g/mol. The van der Waals surface area contributed by atoms with Crippen LogP contribution < -0.4 is 20.3 Å². The van der Waals surface area contributed by atoms with Crippen molar-refractivity contribution in [2.75, 3.05) is 35.8 Å². The summed E-state index contributed by atoms with van der Waals surface area (Å²) in [4.78, 5) is 38.7. The van der Waals surface area contributed by atoms with Crippen LogP contribution >= 0.6 is 0 Å². The van der Waals surface area contributed by atoms with Crippen molar-refractivity contribution in [3.05, 3.63) is 60.3 Å². The molecule has 1 heterocycles. The van der Waals surface area contributed by atoms with Gasteiger partial charge < -0.3 is 20.1 Å². The highest BCUT2D eigenvalue weighted by Gasteiger charge is 2.25. The molecular formula is C22H23N3O5. The molecule has 0 atom stereocenters. The number of esters is 1. The van der Waals surface area contributed by atoms with E-state index in [2.05, 4.69) is 10.6 Å². The minimum Gasteiger partial charge on any atom is -0.497 e. The smallest absolute Gasteiger partial charge is 0.311 e. The lowest BCUT2D eigenvalue weighted by Gasteiger charge is -2.21. The van der Waals surface area contributed by atoms with Gasteiger partial charge in [0.25, 0.3) is 5.91 Å². The van der Waals surface area contributed by atoms with Gasteiger partial charge in [0.05, 0.1) is 31.5 Å². The molecule has 30 heavy (non-hydrogen) atoms. The van der Waals surface area contributed by atoms with Gasteiger partial charge in [0, 0.05) is 17.5 Å². The van der Waals surface area contributed by atoms with Crippen molar-refractivity contribution >= 4 is 34.8 Å². The van der Waals surface area contributed by atoms with Crippen molar-refractivity contribution in [2.45, 2.75) is 13.3 Å². The number of nitrogens with one attached hydrogen (secondary N) is 2. The molecule has 2 amide bonds. The Balaban J connectivity index is 1.78. The first-order valence-corrected chi connectivity index (χ1v) is 9.47. The molecule has 0 fully saturated rings. The summed E-state index contributed by atoms with van der Waals surface area (Å²) >= 11 is 0. The van der Waals surface area contributed by atoms with Crippen molar-refractivity contribution in [2.24, 2.45) is 0 Å². The van der Waals surface area contributed by atoms with Crippen LogP contribution in [0, 0.1) is 0 Å². The highest BCUT2D eigenvalue weighted by Crippen LogP contribution is 2.30. The van der Waals surface area contributed by atoms with Gasteiger partial charge in [-0.05, 0) is 43.3 Å². The maximum absolute atomic E-state index is 12.9. The van der Waals surface area contributed by atoms with E-state index in [0.29, 0.717) is 28.5 Å². The Morgan fingerprint density at radius 3 is 2.53 bits per heavy atom. The van der Waals surface area contributed by atoms with E-state index in [1.807, 2.05) is 0 Å². The number of hydrogen-bond acceptors (Lipinski definition) is 6. The number of rotatable bonds is 7. The molecule has 1 aliphatic heterocycles. The van der Waals surface area contributed by atoms with Gasteiger partial charge in [0.2, 0.25) is 5.91 Å². The Bertz CT molecular complexity index is 969. The molecule has 8 nitrogen and oxygen atoms in total. The van der Waals surface area contributed by atoms with Crippen molar-refractivity contribution in [1.29, 1.82) is 0 Å². The fraction of sp³-hybridized carbons (Fsp3) is 0.227. The van der Waals surface area contributed by atoms with Crippen LogP contribution in [0.25, 0.3) is 0 Å². The zero-order valence-electron chi connectivity index (χ0n) is 16.8. The van der Waals surface area contributed by atoms with Crippen LogP contribution in [0.15, 0.2) is 60.3 Å². The SMILES string of the molecule is CCOC(=O)CC1=CC(=O)N(CC(=O)Nc2ccc(OC)cc2)c2ccccc2N1. The maximum Gasteiger partial charge on any atom is 0.311 e. The molecule has 2 aromatic carbocycles. The van der Waals surface area contributed by atoms with Crippen LogP contribution in [-0.4, -0.2) is 38.0 Å². The number of methoxy groups -OCH3 is 1. The van der Waals surface area contributed by atoms with E-state index in [0.717, 1.165) is 0 Å². The minimum atomic E-state index is -0.438. The standard InChI is InChI=1S/C22H23N3O5/c1-3-30-22(28)13-16-12-21(27)25(19-7-5-4-6-18(19)23-16)14-20(26)24-15-8-10-17(29-2)11-9-15/h4-12,23H,3,13-14H2,1-2H3,(H,24,26). The average Bonchev–Trinajstić information content (AvgIpc) is 2.85. The molecule has 1 aliphatic rings. The van der Waals surface area contributed by atoms with Crippen LogP contribution in [0.5, 0.6) is 5.75 Å². The molecule has 0 spiro atoms. The molecule has 2 aromatic rings. The summed E-state index contributed by atoms with van der Waals surface area (Å²) < 4.78 is 10.1. The van der Waals surface area contributed by atoms with Gasteiger partial charge in [-0.3, -0.25) is 19.3 Å². The summed E-state index contributed by atoms with van der Waals surface area (Å²) in [5.41, 5.74) is 2.16. The first kappa shape index (κ1) is 20.9. The number of carbonyl (C=O) groups is 3. The van der Waals surface area contributed by atoms with E-state index in [9.17, 15) is 14.4 Å². The first-order chi connectivity index (χ1) is 14.5. The second kappa shape index (κ2) is 9.60. The Morgan fingerprint density at radius 1 is 1.10 bits per heavy atom. The number of ether oxygens (including phenoxy) is 2. The fourth-order valence-electron chi connectivity index (χ4n) is 3.01. The predicted molar refractivity (Wildman–Crippen MR) is 113 cm³/mol. The van der Waals surface area contributed by atoms with Crippen LogP contribution in [-0.2, 0) is 19.1 Å². The van der Waals surface area contributed by atoms with Gasteiger partial charge in [0.1, 0.15) is 12.3 Å². The zero-order chi connectivity index (χ0) is 21.5. The Kier molecular flexibility index (Phi) is 6.69. The summed E-state index contributed by atoms with van der Waals surface area (Å²) in [6.45, 7) is 1.79. The quantitative estimate of drug-likeness (QED) is 0.683. The second-order valence-corrected chi connectivity index (χ2v) is 6.49. The molecule has 0 aromatic heterocycles. The molecule has 0 aliphatic carbocycles. The number of carbonyl (C=O) groups excluding carboxylic acids is 3. The highest BCUT2D eigenvalue weighted by atomic mass is 16.5. The van der Waals surface area contributed by atoms with Gasteiger partial charge in [-0.1, -0.05) is 12.1 Å². The van der Waals surface area contributed by atoms with E-state index in [-0.39, 0.29) is 25.5 Å². The third kappa shape index (κ3) is 5.16. The largest absolute Gasteiger partial charge is 0.497 e. The van der Waals surface area contributed by atoms with E-state index < -0.39 is 11.9 Å². The van der Waals surface area contributed by atoms with Crippen molar-refractivity contribution in [1.82, 2.24) is 0 Å². The Hall–Kier alpha value is -3.81. The summed E-state index contributed by atoms with van der Waals surface area (Å²) in [5, 5.41) is 5.87. The lowest BCUT2D eigenvalue weighted by atomic mass is 10.2. The number of anilines is 3. The second-order valence-electron chi connectivity index (χ2n) is 6.49. The normalized spacial score (nSPS) is 12.8. The molecule has 3 rings (SSSR count). The summed E-state index contributed by atoms with van der Waals surface area (Å²) in [5.74, 6) is -0.524. The molecular weight excluding hydrogens is 386 g/mol. The third-order valence-corrected chi connectivity index (χ3v) is 4.37. The van der Waals surface area contributed by atoms with Crippen LogP contribution in [0.3, 0.4) is 0 Å². The zero-order valence-corrected chi connectivity index (χ0v) is 16.8. The van der Waals surface area contributed by atoms with Crippen molar-refractivity contribution < 1.29 is 23.9 Å². The summed E-state index contributed by atoms with van der Waals surface area (Å²) in [6, 6.07) is 14.0. The van der Waals surface area contributed by atoms with Crippen LogP contribution in [0.4, 0.5) is 17.1 Å². The van der Waals surface area contributed by atoms with E-state index in [4.69, 9.17) is 9.47 Å². The number of amides is 2. The lowest BCUT2D eigenvalue weighted by Crippen LogP contribution is -2.37. The third-order valence-electron chi connectivity index (χ3n) is 4.37. The van der Waals surface area contributed by atoms with E-state index in [1.165, 1.54) is 11.0 Å². The van der Waals surface area contributed by atoms with Gasteiger partial charge in [-0.15, -0.1) is 0 Å². The molecule has 156 valence electrons. The van der Waals surface area contributed by atoms with Gasteiger partial charge in [-0.25, -0.2) is 0 Å². The minimum absolute atomic E-state index is 0.0696. The van der Waals surface area contributed by atoms with Gasteiger partial charge in [0.15, 0.2) is 0 Å². The number of nitrogens with zero attached hydrogens (tertiary/aromatic N) is 1. The van der Waals surface area contributed by atoms with E-state index >= 15 is 0 Å². The molecule has 0 saturated carbocycles. The molecule has 2 N–H and O–H groups in total. The summed E-state index contributed by atoms with van der Waals surface area (Å²) in [7, 11) is 1.56. The molecule has 8 heteroatoms. The highest BCUT2D eigenvalue weighted by molar-refractivity contribution is 6.10. The molecule has 0 unspecified atom stereocenters. The first-order valence-electron chi connectivity index (χ1n) is 9.47. The number of hydrogen-bond donors (Lipinski definition) is 2. The van der Waals surface area contributed by atoms with Crippen molar-refractivity contribution in [3.8, 4) is 5.75 Å². The fourth-order valence-corrected chi connectivity index (χ4v) is 3.01. The maximum atomic E-state index is 12.9. The molecule has 0 bridgehead atoms. The van der Waals surface area contributed by atoms with Crippen LogP contribution in [0.1, 0.15) is 13.3 Å². The van der Waals surface area contributed by atoms with Crippen molar-refractivity contribution in [3.63, 3.8) is 0 Å². The predicted octanol–water partition coefficient (Wildman–Crippen LogP) is 2.93. The number of fused-ring (bicyclic) bond motifs is 1. The topological polar surface area (TPSA) is 97.0 Å². The van der Waals surface area contributed by atoms with E-state index in [1.54, 1.807) is 62.6 Å². The van der Waals surface area contributed by atoms with Gasteiger partial charge in [-0.2, -0.15) is 0 Å². The number of benzene rings is 2. The molecule has 0 saturated heterocycles. The monoisotopic (exact) mass is 409 g/mol.